The Morgan fingerprint density at radius 1 is 1.38 bits per heavy atom. The molecule has 1 aliphatic carbocycles. The SMILES string of the molecule is O=C(O)C1CC(N2C(=O)CCCS2(=O)=O)C1. The van der Waals surface area contributed by atoms with E-state index in [-0.39, 0.29) is 30.9 Å². The lowest BCUT2D eigenvalue weighted by Gasteiger charge is -2.41. The molecule has 2 fully saturated rings. The van der Waals surface area contributed by atoms with Crippen molar-refractivity contribution in [3.63, 3.8) is 0 Å². The van der Waals surface area contributed by atoms with E-state index in [0.29, 0.717) is 6.42 Å². The lowest BCUT2D eigenvalue weighted by Crippen LogP contribution is -2.54. The Hall–Kier alpha value is -1.11. The maximum Gasteiger partial charge on any atom is 0.306 e. The van der Waals surface area contributed by atoms with Crippen molar-refractivity contribution in [2.45, 2.75) is 31.7 Å². The second kappa shape index (κ2) is 3.73. The molecule has 90 valence electrons. The topological polar surface area (TPSA) is 91.8 Å². The highest BCUT2D eigenvalue weighted by Gasteiger charge is 2.45. The van der Waals surface area contributed by atoms with Crippen LogP contribution in [0.25, 0.3) is 0 Å². The summed E-state index contributed by atoms with van der Waals surface area (Å²) in [7, 11) is -3.49. The van der Waals surface area contributed by atoms with Gasteiger partial charge in [0.05, 0.1) is 11.7 Å². The number of carboxylic acids is 1. The van der Waals surface area contributed by atoms with Gasteiger partial charge in [-0.1, -0.05) is 0 Å². The molecule has 0 bridgehead atoms. The van der Waals surface area contributed by atoms with E-state index in [1.54, 1.807) is 0 Å². The minimum absolute atomic E-state index is 0.00697. The Morgan fingerprint density at radius 3 is 2.50 bits per heavy atom. The van der Waals surface area contributed by atoms with Crippen LogP contribution in [0.1, 0.15) is 25.7 Å². The van der Waals surface area contributed by atoms with E-state index in [2.05, 4.69) is 0 Å². The van der Waals surface area contributed by atoms with Gasteiger partial charge < -0.3 is 5.11 Å². The number of amides is 1. The van der Waals surface area contributed by atoms with E-state index < -0.39 is 28.0 Å². The van der Waals surface area contributed by atoms with Gasteiger partial charge >= 0.3 is 5.97 Å². The molecule has 0 unspecified atom stereocenters. The Balaban J connectivity index is 2.09. The summed E-state index contributed by atoms with van der Waals surface area (Å²) in [6, 6.07) is -0.432. The number of hydrogen-bond donors (Lipinski definition) is 1. The molecule has 1 amide bonds. The van der Waals surface area contributed by atoms with E-state index in [1.165, 1.54) is 0 Å². The molecule has 16 heavy (non-hydrogen) atoms. The molecule has 6 nitrogen and oxygen atoms in total. The molecule has 7 heteroatoms. The van der Waals surface area contributed by atoms with E-state index in [0.717, 1.165) is 4.31 Å². The average Bonchev–Trinajstić information content (AvgIpc) is 2.06. The van der Waals surface area contributed by atoms with Gasteiger partial charge in [0, 0.05) is 12.5 Å². The van der Waals surface area contributed by atoms with Crippen molar-refractivity contribution < 1.29 is 23.1 Å². The van der Waals surface area contributed by atoms with Crippen LogP contribution < -0.4 is 0 Å². The van der Waals surface area contributed by atoms with Gasteiger partial charge in [-0.25, -0.2) is 12.7 Å². The summed E-state index contributed by atoms with van der Waals surface area (Å²) >= 11 is 0. The van der Waals surface area contributed by atoms with Crippen molar-refractivity contribution in [2.75, 3.05) is 5.75 Å². The molecule has 2 rings (SSSR count). The number of nitrogens with zero attached hydrogens (tertiary/aromatic N) is 1. The molecule has 0 spiro atoms. The fraction of sp³-hybridized carbons (Fsp3) is 0.778. The van der Waals surface area contributed by atoms with Crippen LogP contribution in [0.5, 0.6) is 0 Å². The zero-order valence-corrected chi connectivity index (χ0v) is 9.44. The zero-order chi connectivity index (χ0) is 11.9. The fourth-order valence-corrected chi connectivity index (χ4v) is 3.91. The number of aliphatic carboxylic acids is 1. The Labute approximate surface area is 93.3 Å². The van der Waals surface area contributed by atoms with Crippen LogP contribution in [0.2, 0.25) is 0 Å². The van der Waals surface area contributed by atoms with Crippen molar-refractivity contribution in [1.82, 2.24) is 4.31 Å². The quantitative estimate of drug-likeness (QED) is 0.729. The summed E-state index contributed by atoms with van der Waals surface area (Å²) < 4.78 is 24.2. The third-order valence-electron chi connectivity index (χ3n) is 3.13. The highest BCUT2D eigenvalue weighted by atomic mass is 32.2. The first-order chi connectivity index (χ1) is 7.42. The Morgan fingerprint density at radius 2 is 2.00 bits per heavy atom. The predicted molar refractivity (Wildman–Crippen MR) is 54.0 cm³/mol. The first-order valence-corrected chi connectivity index (χ1v) is 6.80. The second-order valence-electron chi connectivity index (χ2n) is 4.27. The predicted octanol–water partition coefficient (Wildman–Crippen LogP) is -0.198. The molecular formula is C9H13NO5S. The highest BCUT2D eigenvalue weighted by Crippen LogP contribution is 2.35. The molecule has 1 N–H and O–H groups in total. The van der Waals surface area contributed by atoms with Gasteiger partial charge in [-0.15, -0.1) is 0 Å². The van der Waals surface area contributed by atoms with Crippen molar-refractivity contribution in [2.24, 2.45) is 5.92 Å². The van der Waals surface area contributed by atoms with Gasteiger partial charge in [0.2, 0.25) is 15.9 Å². The minimum Gasteiger partial charge on any atom is -0.481 e. The maximum atomic E-state index is 11.7. The number of hydrogen-bond acceptors (Lipinski definition) is 4. The molecule has 1 aliphatic heterocycles. The highest BCUT2D eigenvalue weighted by molar-refractivity contribution is 7.89. The van der Waals surface area contributed by atoms with Crippen LogP contribution in [0.15, 0.2) is 0 Å². The monoisotopic (exact) mass is 247 g/mol. The van der Waals surface area contributed by atoms with Crippen LogP contribution in [0.3, 0.4) is 0 Å². The van der Waals surface area contributed by atoms with Gasteiger partial charge in [-0.3, -0.25) is 9.59 Å². The van der Waals surface area contributed by atoms with E-state index in [4.69, 9.17) is 5.11 Å². The Bertz CT molecular complexity index is 423. The summed E-state index contributed by atoms with van der Waals surface area (Å²) in [6.45, 7) is 0. The molecule has 1 heterocycles. The molecule has 0 aromatic carbocycles. The third kappa shape index (κ3) is 1.79. The summed E-state index contributed by atoms with van der Waals surface area (Å²) in [6.07, 6.45) is 1.11. The smallest absolute Gasteiger partial charge is 0.306 e. The van der Waals surface area contributed by atoms with Gasteiger partial charge in [0.25, 0.3) is 0 Å². The minimum atomic E-state index is -3.49. The van der Waals surface area contributed by atoms with Crippen LogP contribution in [0, 0.1) is 5.92 Å². The van der Waals surface area contributed by atoms with E-state index >= 15 is 0 Å². The van der Waals surface area contributed by atoms with E-state index in [9.17, 15) is 18.0 Å². The zero-order valence-electron chi connectivity index (χ0n) is 8.63. The third-order valence-corrected chi connectivity index (χ3v) is 5.04. The molecule has 0 aromatic heterocycles. The largest absolute Gasteiger partial charge is 0.481 e. The molecule has 0 aromatic rings. The van der Waals surface area contributed by atoms with Crippen molar-refractivity contribution in [1.29, 1.82) is 0 Å². The van der Waals surface area contributed by atoms with Crippen LogP contribution in [0.4, 0.5) is 0 Å². The van der Waals surface area contributed by atoms with Crippen LogP contribution in [-0.2, 0) is 19.6 Å². The molecule has 0 radical (unpaired) electrons. The molecule has 1 saturated heterocycles. The number of carbonyl (C=O) groups is 2. The standard InChI is InChI=1S/C9H13NO5S/c11-8-2-1-3-16(14,15)10(8)7-4-6(5-7)9(12)13/h6-7H,1-5H2,(H,12,13). The number of rotatable bonds is 2. The van der Waals surface area contributed by atoms with Gasteiger partial charge in [0.15, 0.2) is 0 Å². The molecule has 1 saturated carbocycles. The maximum absolute atomic E-state index is 11.7. The van der Waals surface area contributed by atoms with Crippen molar-refractivity contribution in [3.8, 4) is 0 Å². The van der Waals surface area contributed by atoms with Crippen molar-refractivity contribution >= 4 is 21.9 Å². The summed E-state index contributed by atoms with van der Waals surface area (Å²) in [4.78, 5) is 22.1. The number of sulfonamides is 1. The van der Waals surface area contributed by atoms with Gasteiger partial charge in [-0.05, 0) is 19.3 Å². The second-order valence-corrected chi connectivity index (χ2v) is 6.23. The van der Waals surface area contributed by atoms with Crippen molar-refractivity contribution in [3.05, 3.63) is 0 Å². The fourth-order valence-electron chi connectivity index (χ4n) is 2.18. The summed E-state index contributed by atoms with van der Waals surface area (Å²) in [5, 5.41) is 8.69. The molecule has 0 atom stereocenters. The van der Waals surface area contributed by atoms with Crippen LogP contribution >= 0.6 is 0 Å². The summed E-state index contributed by atoms with van der Waals surface area (Å²) in [5.41, 5.74) is 0. The molecular weight excluding hydrogens is 234 g/mol. The lowest BCUT2D eigenvalue weighted by molar-refractivity contribution is -0.148. The first-order valence-electron chi connectivity index (χ1n) is 5.19. The summed E-state index contributed by atoms with van der Waals surface area (Å²) in [5.74, 6) is -1.82. The normalized spacial score (nSPS) is 33.2. The molecule has 2 aliphatic rings. The average molecular weight is 247 g/mol. The van der Waals surface area contributed by atoms with Crippen LogP contribution in [-0.4, -0.2) is 41.5 Å². The van der Waals surface area contributed by atoms with E-state index in [1.807, 2.05) is 0 Å². The number of carbonyl (C=O) groups excluding carboxylic acids is 1. The lowest BCUT2D eigenvalue weighted by atomic mass is 9.80. The van der Waals surface area contributed by atoms with Gasteiger partial charge in [0.1, 0.15) is 0 Å². The van der Waals surface area contributed by atoms with Gasteiger partial charge in [-0.2, -0.15) is 0 Å². The number of carboxylic acid groups (broad SMARTS) is 1. The Kier molecular flexibility index (Phi) is 2.65. The first kappa shape index (κ1) is 11.4.